The van der Waals surface area contributed by atoms with Crippen molar-refractivity contribution < 1.29 is 28.2 Å². The fourth-order valence-electron chi connectivity index (χ4n) is 3.58. The van der Waals surface area contributed by atoms with Crippen molar-refractivity contribution in [2.24, 2.45) is 0 Å². The SMILES string of the molecule is CCCCOC(=O)N1CCN(c2ccc(N3CC(CNC(=O)C(Cl)Cl)OC3=O)cc2F)CC1. The molecule has 1 atom stereocenters. The first-order valence-electron chi connectivity index (χ1n) is 10.8. The van der Waals surface area contributed by atoms with Crippen LogP contribution < -0.4 is 15.1 Å². The summed E-state index contributed by atoms with van der Waals surface area (Å²) < 4.78 is 25.4. The summed E-state index contributed by atoms with van der Waals surface area (Å²) in [5, 5.41) is 2.48. The van der Waals surface area contributed by atoms with Gasteiger partial charge in [-0.1, -0.05) is 36.5 Å². The van der Waals surface area contributed by atoms with Gasteiger partial charge in [-0.15, -0.1) is 0 Å². The van der Waals surface area contributed by atoms with E-state index in [-0.39, 0.29) is 19.2 Å². The van der Waals surface area contributed by atoms with Crippen LogP contribution in [0.5, 0.6) is 0 Å². The predicted molar refractivity (Wildman–Crippen MR) is 123 cm³/mol. The zero-order valence-corrected chi connectivity index (χ0v) is 19.8. The molecule has 1 aromatic carbocycles. The van der Waals surface area contributed by atoms with Crippen molar-refractivity contribution in [2.75, 3.05) is 55.7 Å². The Morgan fingerprint density at radius 2 is 2.00 bits per heavy atom. The minimum atomic E-state index is -1.21. The lowest BCUT2D eigenvalue weighted by Crippen LogP contribution is -2.49. The molecule has 2 fully saturated rings. The summed E-state index contributed by atoms with van der Waals surface area (Å²) in [6.07, 6.45) is 0.187. The number of anilines is 2. The van der Waals surface area contributed by atoms with Gasteiger partial charge in [0.05, 0.1) is 31.1 Å². The van der Waals surface area contributed by atoms with Crippen LogP contribution in [0.25, 0.3) is 0 Å². The van der Waals surface area contributed by atoms with E-state index in [1.807, 2.05) is 11.8 Å². The van der Waals surface area contributed by atoms with Gasteiger partial charge >= 0.3 is 12.2 Å². The molecule has 1 N–H and O–H groups in total. The minimum absolute atomic E-state index is 0.0444. The summed E-state index contributed by atoms with van der Waals surface area (Å²) in [4.78, 5) is 39.3. The van der Waals surface area contributed by atoms with E-state index < -0.39 is 28.8 Å². The second-order valence-electron chi connectivity index (χ2n) is 7.74. The third-order valence-corrected chi connectivity index (χ3v) is 5.82. The molecule has 0 radical (unpaired) electrons. The van der Waals surface area contributed by atoms with Gasteiger partial charge in [0.2, 0.25) is 0 Å². The average molecular weight is 505 g/mol. The maximum Gasteiger partial charge on any atom is 0.414 e. The molecule has 2 aliphatic rings. The highest BCUT2D eigenvalue weighted by Gasteiger charge is 2.33. The first-order valence-corrected chi connectivity index (χ1v) is 11.7. The molecule has 0 saturated carbocycles. The van der Waals surface area contributed by atoms with Crippen LogP contribution in [-0.4, -0.2) is 79.8 Å². The maximum absolute atomic E-state index is 14.9. The molecule has 2 heterocycles. The smallest absolute Gasteiger partial charge is 0.414 e. The highest BCUT2D eigenvalue weighted by Crippen LogP contribution is 2.28. The van der Waals surface area contributed by atoms with E-state index in [2.05, 4.69) is 5.32 Å². The van der Waals surface area contributed by atoms with Gasteiger partial charge in [0.25, 0.3) is 5.91 Å². The molecule has 0 aliphatic carbocycles. The van der Waals surface area contributed by atoms with Crippen LogP contribution in [-0.2, 0) is 14.3 Å². The summed E-state index contributed by atoms with van der Waals surface area (Å²) in [7, 11) is 0. The molecule has 2 saturated heterocycles. The lowest BCUT2D eigenvalue weighted by atomic mass is 10.2. The Labute approximate surface area is 201 Å². The van der Waals surface area contributed by atoms with E-state index >= 15 is 0 Å². The van der Waals surface area contributed by atoms with Gasteiger partial charge in [0, 0.05) is 26.2 Å². The van der Waals surface area contributed by atoms with E-state index in [0.29, 0.717) is 44.2 Å². The molecule has 1 unspecified atom stereocenters. The topological polar surface area (TPSA) is 91.4 Å². The fourth-order valence-corrected chi connectivity index (χ4v) is 3.73. The third-order valence-electron chi connectivity index (χ3n) is 5.42. The zero-order chi connectivity index (χ0) is 24.0. The normalized spacial score (nSPS) is 18.5. The number of carbonyl (C=O) groups is 3. The number of halogens is 3. The van der Waals surface area contributed by atoms with Crippen LogP contribution in [0.2, 0.25) is 0 Å². The van der Waals surface area contributed by atoms with E-state index in [1.54, 1.807) is 17.0 Å². The number of piperazine rings is 1. The summed E-state index contributed by atoms with van der Waals surface area (Å²) in [6.45, 7) is 4.42. The Morgan fingerprint density at radius 1 is 1.27 bits per heavy atom. The van der Waals surface area contributed by atoms with Gasteiger partial charge in [0.1, 0.15) is 11.9 Å². The second-order valence-corrected chi connectivity index (χ2v) is 8.84. The summed E-state index contributed by atoms with van der Waals surface area (Å²) in [5.41, 5.74) is 0.741. The number of carbonyl (C=O) groups excluding carboxylic acids is 3. The van der Waals surface area contributed by atoms with Gasteiger partial charge < -0.3 is 24.6 Å². The Morgan fingerprint density at radius 3 is 2.64 bits per heavy atom. The van der Waals surface area contributed by atoms with Crippen molar-refractivity contribution in [3.8, 4) is 0 Å². The number of rotatable bonds is 8. The third kappa shape index (κ3) is 6.54. The fraction of sp³-hybridized carbons (Fsp3) is 0.571. The van der Waals surface area contributed by atoms with Gasteiger partial charge in [-0.3, -0.25) is 9.69 Å². The van der Waals surface area contributed by atoms with Crippen LogP contribution in [0.4, 0.5) is 25.4 Å². The van der Waals surface area contributed by atoms with Crippen LogP contribution in [0.15, 0.2) is 18.2 Å². The molecule has 0 bridgehead atoms. The van der Waals surface area contributed by atoms with E-state index in [9.17, 15) is 18.8 Å². The quantitative estimate of drug-likeness (QED) is 0.431. The Hall–Kier alpha value is -2.46. The van der Waals surface area contributed by atoms with E-state index in [0.717, 1.165) is 12.8 Å². The lowest BCUT2D eigenvalue weighted by Gasteiger charge is -2.35. The number of amides is 3. The zero-order valence-electron chi connectivity index (χ0n) is 18.3. The molecule has 2 aliphatic heterocycles. The molecule has 0 spiro atoms. The molecule has 182 valence electrons. The highest BCUT2D eigenvalue weighted by atomic mass is 35.5. The number of hydrogen-bond acceptors (Lipinski definition) is 6. The Bertz CT molecular complexity index is 867. The van der Waals surface area contributed by atoms with Gasteiger partial charge in [0.15, 0.2) is 4.84 Å². The molecule has 3 amide bonds. The molecule has 3 rings (SSSR count). The van der Waals surface area contributed by atoms with Crippen LogP contribution in [0.3, 0.4) is 0 Å². The number of benzene rings is 1. The minimum Gasteiger partial charge on any atom is -0.449 e. The van der Waals surface area contributed by atoms with Crippen LogP contribution in [0.1, 0.15) is 19.8 Å². The molecule has 1 aromatic rings. The van der Waals surface area contributed by atoms with Crippen molar-refractivity contribution in [3.05, 3.63) is 24.0 Å². The summed E-state index contributed by atoms with van der Waals surface area (Å²) in [6, 6.07) is 4.52. The standard InChI is InChI=1S/C21H27Cl2FN4O5/c1-2-3-10-32-20(30)27-8-6-26(7-9-27)17-5-4-14(11-16(17)24)28-13-15(33-21(28)31)12-25-19(29)18(22)23/h4-5,11,15,18H,2-3,6-10,12-13H2,1H3,(H,25,29). The molecule has 12 heteroatoms. The number of cyclic esters (lactones) is 1. The monoisotopic (exact) mass is 504 g/mol. The van der Waals surface area contributed by atoms with E-state index in [4.69, 9.17) is 32.7 Å². The first kappa shape index (κ1) is 25.2. The van der Waals surface area contributed by atoms with Gasteiger partial charge in [-0.2, -0.15) is 0 Å². The molecule has 9 nitrogen and oxygen atoms in total. The number of alkyl halides is 2. The molecular weight excluding hydrogens is 478 g/mol. The first-order chi connectivity index (χ1) is 15.8. The van der Waals surface area contributed by atoms with Crippen molar-refractivity contribution in [1.29, 1.82) is 0 Å². The van der Waals surface area contributed by atoms with Gasteiger partial charge in [-0.25, -0.2) is 14.0 Å². The van der Waals surface area contributed by atoms with Crippen LogP contribution >= 0.6 is 23.2 Å². The van der Waals surface area contributed by atoms with Crippen molar-refractivity contribution in [1.82, 2.24) is 10.2 Å². The maximum atomic E-state index is 14.9. The van der Waals surface area contributed by atoms with E-state index in [1.165, 1.54) is 11.0 Å². The van der Waals surface area contributed by atoms with Crippen molar-refractivity contribution in [3.63, 3.8) is 0 Å². The number of nitrogens with one attached hydrogen (secondary N) is 1. The van der Waals surface area contributed by atoms with Crippen molar-refractivity contribution >= 4 is 52.7 Å². The number of unbranched alkanes of at least 4 members (excludes halogenated alkanes) is 1. The number of ether oxygens (including phenoxy) is 2. The summed E-state index contributed by atoms with van der Waals surface area (Å²) >= 11 is 11.0. The number of hydrogen-bond donors (Lipinski definition) is 1. The van der Waals surface area contributed by atoms with Gasteiger partial charge in [-0.05, 0) is 24.6 Å². The molecule has 33 heavy (non-hydrogen) atoms. The molecule has 0 aromatic heterocycles. The Balaban J connectivity index is 1.54. The molecular formula is C21H27Cl2FN4O5. The average Bonchev–Trinajstić information content (AvgIpc) is 3.18. The highest BCUT2D eigenvalue weighted by molar-refractivity contribution is 6.53. The predicted octanol–water partition coefficient (Wildman–Crippen LogP) is 3.13. The largest absolute Gasteiger partial charge is 0.449 e. The second kappa shape index (κ2) is 11.6. The Kier molecular flexibility index (Phi) is 8.85. The summed E-state index contributed by atoms with van der Waals surface area (Å²) in [5.74, 6) is -1.07. The lowest BCUT2D eigenvalue weighted by molar-refractivity contribution is -0.119. The van der Waals surface area contributed by atoms with Crippen LogP contribution in [0, 0.1) is 5.82 Å². The van der Waals surface area contributed by atoms with Crippen molar-refractivity contribution in [2.45, 2.75) is 30.7 Å². The number of nitrogens with zero attached hydrogens (tertiary/aromatic N) is 3.